The fraction of sp³-hybridized carbons (Fsp3) is 0.522. The molecule has 0 aliphatic heterocycles. The number of rotatable bonds is 6. The van der Waals surface area contributed by atoms with Gasteiger partial charge in [0.15, 0.2) is 0 Å². The van der Waals surface area contributed by atoms with Crippen molar-refractivity contribution < 1.29 is 9.59 Å². The van der Waals surface area contributed by atoms with Gasteiger partial charge in [0, 0.05) is 23.4 Å². The molecule has 0 saturated carbocycles. The molecule has 2 rings (SSSR count). The average Bonchev–Trinajstić information content (AvgIpc) is 3.06. The number of carbonyl (C=O) groups excluding carboxylic acids is 2. The summed E-state index contributed by atoms with van der Waals surface area (Å²) >= 11 is 12.2. The maximum atomic E-state index is 12.9. The van der Waals surface area contributed by atoms with Gasteiger partial charge in [0.2, 0.25) is 11.8 Å². The lowest BCUT2D eigenvalue weighted by Crippen LogP contribution is -2.44. The number of hydrogen-bond acceptors (Lipinski definition) is 3. The van der Waals surface area contributed by atoms with Crippen molar-refractivity contribution in [2.75, 3.05) is 18.4 Å². The summed E-state index contributed by atoms with van der Waals surface area (Å²) in [5.74, 6) is 0.165. The molecule has 0 saturated heterocycles. The molecule has 0 aliphatic carbocycles. The van der Waals surface area contributed by atoms with E-state index in [-0.39, 0.29) is 23.8 Å². The fourth-order valence-corrected chi connectivity index (χ4v) is 3.29. The second kappa shape index (κ2) is 9.61. The molecule has 1 heterocycles. The van der Waals surface area contributed by atoms with Crippen LogP contribution in [-0.2, 0) is 15.0 Å². The van der Waals surface area contributed by atoms with Crippen LogP contribution in [0.3, 0.4) is 0 Å². The first-order chi connectivity index (χ1) is 14.2. The summed E-state index contributed by atoms with van der Waals surface area (Å²) in [5, 5.41) is 8.44. The summed E-state index contributed by atoms with van der Waals surface area (Å²) in [6, 6.07) is 7.02. The van der Waals surface area contributed by atoms with Crippen molar-refractivity contribution >= 4 is 40.8 Å². The summed E-state index contributed by atoms with van der Waals surface area (Å²) in [5.41, 5.74) is 0.704. The Morgan fingerprint density at radius 2 is 1.71 bits per heavy atom. The van der Waals surface area contributed by atoms with Crippen LogP contribution in [0.4, 0.5) is 5.82 Å². The highest BCUT2D eigenvalue weighted by molar-refractivity contribution is 6.42. The van der Waals surface area contributed by atoms with Gasteiger partial charge in [0.25, 0.3) is 0 Å². The van der Waals surface area contributed by atoms with E-state index >= 15 is 0 Å². The Labute approximate surface area is 194 Å². The summed E-state index contributed by atoms with van der Waals surface area (Å²) in [6.45, 7) is 14.2. The summed E-state index contributed by atoms with van der Waals surface area (Å²) in [7, 11) is 0. The number of aromatic nitrogens is 2. The van der Waals surface area contributed by atoms with Crippen LogP contribution < -0.4 is 5.32 Å². The van der Waals surface area contributed by atoms with Crippen molar-refractivity contribution in [1.29, 1.82) is 0 Å². The van der Waals surface area contributed by atoms with Gasteiger partial charge in [0.1, 0.15) is 5.82 Å². The van der Waals surface area contributed by atoms with E-state index < -0.39 is 5.41 Å². The van der Waals surface area contributed by atoms with Crippen LogP contribution in [0.25, 0.3) is 5.69 Å². The summed E-state index contributed by atoms with van der Waals surface area (Å²) < 4.78 is 1.64. The molecule has 0 fully saturated rings. The molecular formula is C23H32Cl2N4O2. The van der Waals surface area contributed by atoms with E-state index in [1.54, 1.807) is 27.8 Å². The summed E-state index contributed by atoms with van der Waals surface area (Å²) in [6.07, 6.45) is 0.768. The van der Waals surface area contributed by atoms with E-state index in [4.69, 9.17) is 23.2 Å². The molecule has 8 heteroatoms. The standard InChI is InChI=1S/C23H32Cl2N4O2/c1-8-11-28(21(31)23(5,6)7)14-20(30)26-19-13-18(22(2,3)4)27-29(19)15-9-10-16(24)17(25)12-15/h9-10,12-13H,8,11,14H2,1-7H3,(H,26,30). The minimum absolute atomic E-state index is 0.0264. The lowest BCUT2D eigenvalue weighted by atomic mass is 9.92. The molecule has 31 heavy (non-hydrogen) atoms. The first-order valence-corrected chi connectivity index (χ1v) is 11.1. The number of hydrogen-bond donors (Lipinski definition) is 1. The van der Waals surface area contributed by atoms with Gasteiger partial charge < -0.3 is 10.2 Å². The molecule has 0 atom stereocenters. The molecule has 1 aromatic carbocycles. The van der Waals surface area contributed by atoms with Crippen molar-refractivity contribution in [3.8, 4) is 5.69 Å². The lowest BCUT2D eigenvalue weighted by Gasteiger charge is -2.28. The van der Waals surface area contributed by atoms with Crippen LogP contribution in [-0.4, -0.2) is 39.6 Å². The second-order valence-electron chi connectivity index (χ2n) is 9.70. The van der Waals surface area contributed by atoms with Gasteiger partial charge in [-0.3, -0.25) is 9.59 Å². The Morgan fingerprint density at radius 1 is 1.06 bits per heavy atom. The monoisotopic (exact) mass is 466 g/mol. The normalized spacial score (nSPS) is 12.0. The van der Waals surface area contributed by atoms with Crippen LogP contribution in [0.2, 0.25) is 10.0 Å². The Morgan fingerprint density at radius 3 is 2.23 bits per heavy atom. The van der Waals surface area contributed by atoms with Gasteiger partial charge >= 0.3 is 0 Å². The molecule has 0 radical (unpaired) electrons. The Balaban J connectivity index is 2.36. The van der Waals surface area contributed by atoms with Crippen molar-refractivity contribution in [2.24, 2.45) is 5.41 Å². The third kappa shape index (κ3) is 6.47. The highest BCUT2D eigenvalue weighted by Crippen LogP contribution is 2.29. The van der Waals surface area contributed by atoms with Gasteiger partial charge in [-0.15, -0.1) is 0 Å². The SMILES string of the molecule is CCCN(CC(=O)Nc1cc(C(C)(C)C)nn1-c1ccc(Cl)c(Cl)c1)C(=O)C(C)(C)C. The van der Waals surface area contributed by atoms with Crippen LogP contribution >= 0.6 is 23.2 Å². The van der Waals surface area contributed by atoms with Crippen LogP contribution in [0.15, 0.2) is 24.3 Å². The largest absolute Gasteiger partial charge is 0.333 e. The van der Waals surface area contributed by atoms with Gasteiger partial charge in [-0.1, -0.05) is 71.7 Å². The maximum Gasteiger partial charge on any atom is 0.245 e. The third-order valence-electron chi connectivity index (χ3n) is 4.65. The zero-order chi connectivity index (χ0) is 23.6. The van der Waals surface area contributed by atoms with Crippen molar-refractivity contribution in [3.05, 3.63) is 40.0 Å². The van der Waals surface area contributed by atoms with Crippen LogP contribution in [0.5, 0.6) is 0 Å². The predicted octanol–water partition coefficient (Wildman–Crippen LogP) is 5.70. The summed E-state index contributed by atoms with van der Waals surface area (Å²) in [4.78, 5) is 27.2. The lowest BCUT2D eigenvalue weighted by molar-refractivity contribution is -0.141. The van der Waals surface area contributed by atoms with E-state index in [2.05, 4.69) is 10.4 Å². The maximum absolute atomic E-state index is 12.9. The number of carbonyl (C=O) groups is 2. The zero-order valence-corrected chi connectivity index (χ0v) is 20.9. The number of nitrogens with one attached hydrogen (secondary N) is 1. The molecule has 1 N–H and O–H groups in total. The zero-order valence-electron chi connectivity index (χ0n) is 19.3. The molecule has 6 nitrogen and oxygen atoms in total. The number of amides is 2. The van der Waals surface area contributed by atoms with E-state index in [0.29, 0.717) is 28.1 Å². The Bertz CT molecular complexity index is 955. The van der Waals surface area contributed by atoms with Crippen LogP contribution in [0, 0.1) is 5.41 Å². The number of anilines is 1. The highest BCUT2D eigenvalue weighted by atomic mass is 35.5. The molecule has 2 aromatic rings. The van der Waals surface area contributed by atoms with Gasteiger partial charge in [0.05, 0.1) is 28.0 Å². The smallest absolute Gasteiger partial charge is 0.245 e. The molecular weight excluding hydrogens is 435 g/mol. The van der Waals surface area contributed by atoms with E-state index in [1.807, 2.05) is 54.5 Å². The minimum Gasteiger partial charge on any atom is -0.333 e. The number of halogens is 2. The molecule has 0 bridgehead atoms. The predicted molar refractivity (Wildman–Crippen MR) is 127 cm³/mol. The van der Waals surface area contributed by atoms with Gasteiger partial charge in [-0.2, -0.15) is 5.10 Å². The van der Waals surface area contributed by atoms with Crippen molar-refractivity contribution in [3.63, 3.8) is 0 Å². The quantitative estimate of drug-likeness (QED) is 0.593. The van der Waals surface area contributed by atoms with Crippen molar-refractivity contribution in [2.45, 2.75) is 60.3 Å². The van der Waals surface area contributed by atoms with E-state index in [9.17, 15) is 9.59 Å². The van der Waals surface area contributed by atoms with Gasteiger partial charge in [-0.05, 0) is 24.6 Å². The molecule has 2 amide bonds. The highest BCUT2D eigenvalue weighted by Gasteiger charge is 2.29. The van der Waals surface area contributed by atoms with E-state index in [0.717, 1.165) is 12.1 Å². The first-order valence-electron chi connectivity index (χ1n) is 10.4. The number of benzene rings is 1. The van der Waals surface area contributed by atoms with Gasteiger partial charge in [-0.25, -0.2) is 4.68 Å². The fourth-order valence-electron chi connectivity index (χ4n) is 3.00. The minimum atomic E-state index is -0.559. The molecule has 0 aliphatic rings. The second-order valence-corrected chi connectivity index (χ2v) is 10.5. The van der Waals surface area contributed by atoms with Crippen LogP contribution in [0.1, 0.15) is 60.6 Å². The molecule has 0 unspecified atom stereocenters. The average molecular weight is 467 g/mol. The Kier molecular flexibility index (Phi) is 7.82. The number of nitrogens with zero attached hydrogens (tertiary/aromatic N) is 3. The first kappa shape index (κ1) is 25.2. The Hall–Kier alpha value is -2.05. The molecule has 1 aromatic heterocycles. The third-order valence-corrected chi connectivity index (χ3v) is 5.39. The van der Waals surface area contributed by atoms with Crippen molar-refractivity contribution in [1.82, 2.24) is 14.7 Å². The topological polar surface area (TPSA) is 67.2 Å². The molecule has 170 valence electrons. The van der Waals surface area contributed by atoms with E-state index in [1.165, 1.54) is 0 Å². The molecule has 0 spiro atoms.